The second-order valence-electron chi connectivity index (χ2n) is 4.69. The number of para-hydroxylation sites is 1. The van der Waals surface area contributed by atoms with Crippen LogP contribution in [0.2, 0.25) is 0 Å². The van der Waals surface area contributed by atoms with Crippen LogP contribution in [0.1, 0.15) is 16.1 Å². The number of aromatic nitrogens is 1. The number of rotatable bonds is 3. The van der Waals surface area contributed by atoms with Gasteiger partial charge >= 0.3 is 0 Å². The third-order valence-electron chi connectivity index (χ3n) is 3.20. The van der Waals surface area contributed by atoms with Crippen LogP contribution in [0, 0.1) is 6.92 Å². The smallest absolute Gasteiger partial charge is 0.278 e. The van der Waals surface area contributed by atoms with E-state index in [2.05, 4.69) is 10.5 Å². The normalized spacial score (nSPS) is 10.6. The molecule has 3 aromatic rings. The summed E-state index contributed by atoms with van der Waals surface area (Å²) in [6.45, 7) is 1.96. The number of nitrogens with zero attached hydrogens (tertiary/aromatic N) is 1. The number of carbonyl (C=O) groups is 1. The summed E-state index contributed by atoms with van der Waals surface area (Å²) in [7, 11) is 1.57. The van der Waals surface area contributed by atoms with Gasteiger partial charge in [0.1, 0.15) is 5.75 Å². The monoisotopic (exact) mass is 282 g/mol. The molecule has 0 saturated carbocycles. The highest BCUT2D eigenvalue weighted by Crippen LogP contribution is 2.26. The number of hydrogen-bond donors (Lipinski definition) is 1. The molecule has 2 aromatic carbocycles. The van der Waals surface area contributed by atoms with Crippen molar-refractivity contribution in [2.75, 3.05) is 12.4 Å². The van der Waals surface area contributed by atoms with Crippen LogP contribution >= 0.6 is 0 Å². The molecule has 1 N–H and O–H groups in total. The fraction of sp³-hybridized carbons (Fsp3) is 0.125. The van der Waals surface area contributed by atoms with E-state index in [1.54, 1.807) is 25.3 Å². The Kier molecular flexibility index (Phi) is 3.31. The SMILES string of the molecule is COc1cc(C)ccc1NC(=O)c1noc2ccccc12. The molecular weight excluding hydrogens is 268 g/mol. The quantitative estimate of drug-likeness (QED) is 0.799. The number of methoxy groups -OCH3 is 1. The van der Waals surface area contributed by atoms with E-state index >= 15 is 0 Å². The summed E-state index contributed by atoms with van der Waals surface area (Å²) in [5, 5.41) is 7.31. The molecule has 0 spiro atoms. The van der Waals surface area contributed by atoms with Crippen LogP contribution in [-0.2, 0) is 0 Å². The number of fused-ring (bicyclic) bond motifs is 1. The van der Waals surface area contributed by atoms with Crippen LogP contribution in [0.15, 0.2) is 47.0 Å². The minimum absolute atomic E-state index is 0.258. The summed E-state index contributed by atoms with van der Waals surface area (Å²) in [4.78, 5) is 12.4. The van der Waals surface area contributed by atoms with Crippen LogP contribution < -0.4 is 10.1 Å². The zero-order chi connectivity index (χ0) is 14.8. The second kappa shape index (κ2) is 5.28. The molecular formula is C16H14N2O3. The minimum atomic E-state index is -0.331. The Morgan fingerprint density at radius 1 is 1.24 bits per heavy atom. The van der Waals surface area contributed by atoms with Crippen molar-refractivity contribution in [3.63, 3.8) is 0 Å². The molecule has 1 aromatic heterocycles. The van der Waals surface area contributed by atoms with E-state index in [0.717, 1.165) is 5.56 Å². The molecule has 5 nitrogen and oxygen atoms in total. The van der Waals surface area contributed by atoms with Gasteiger partial charge in [-0.25, -0.2) is 0 Å². The Balaban J connectivity index is 1.93. The average Bonchev–Trinajstić information content (AvgIpc) is 2.93. The number of benzene rings is 2. The van der Waals surface area contributed by atoms with E-state index in [0.29, 0.717) is 22.4 Å². The van der Waals surface area contributed by atoms with Gasteiger partial charge in [-0.2, -0.15) is 0 Å². The first-order chi connectivity index (χ1) is 10.2. The molecule has 106 valence electrons. The summed E-state index contributed by atoms with van der Waals surface area (Å²) in [5.41, 5.74) is 2.49. The lowest BCUT2D eigenvalue weighted by Crippen LogP contribution is -2.13. The fourth-order valence-corrected chi connectivity index (χ4v) is 2.13. The van der Waals surface area contributed by atoms with Crippen molar-refractivity contribution in [1.82, 2.24) is 5.16 Å². The molecule has 1 amide bonds. The van der Waals surface area contributed by atoms with Gasteiger partial charge in [-0.15, -0.1) is 0 Å². The predicted octanol–water partition coefficient (Wildman–Crippen LogP) is 3.40. The van der Waals surface area contributed by atoms with Gasteiger partial charge in [-0.05, 0) is 36.8 Å². The Hall–Kier alpha value is -2.82. The van der Waals surface area contributed by atoms with Gasteiger partial charge in [0.15, 0.2) is 11.3 Å². The van der Waals surface area contributed by atoms with Crippen molar-refractivity contribution in [3.05, 3.63) is 53.7 Å². The maximum atomic E-state index is 12.4. The lowest BCUT2D eigenvalue weighted by molar-refractivity contribution is 0.101. The first-order valence-electron chi connectivity index (χ1n) is 6.49. The lowest BCUT2D eigenvalue weighted by atomic mass is 10.2. The molecule has 1 heterocycles. The van der Waals surface area contributed by atoms with Gasteiger partial charge in [0.25, 0.3) is 5.91 Å². The van der Waals surface area contributed by atoms with E-state index in [-0.39, 0.29) is 11.6 Å². The molecule has 21 heavy (non-hydrogen) atoms. The number of amides is 1. The van der Waals surface area contributed by atoms with Crippen molar-refractivity contribution in [3.8, 4) is 5.75 Å². The van der Waals surface area contributed by atoms with E-state index in [1.165, 1.54) is 0 Å². The van der Waals surface area contributed by atoms with Crippen LogP contribution in [0.25, 0.3) is 11.0 Å². The maximum Gasteiger partial charge on any atom is 0.278 e. The van der Waals surface area contributed by atoms with Crippen molar-refractivity contribution in [2.24, 2.45) is 0 Å². The van der Waals surface area contributed by atoms with Gasteiger partial charge in [0.2, 0.25) is 0 Å². The third kappa shape index (κ3) is 2.45. The zero-order valence-electron chi connectivity index (χ0n) is 11.7. The standard InChI is InChI=1S/C16H14N2O3/c1-10-7-8-12(14(9-10)20-2)17-16(19)15-11-5-3-4-6-13(11)21-18-15/h3-9H,1-2H3,(H,17,19). The Bertz CT molecular complexity index is 808. The summed E-state index contributed by atoms with van der Waals surface area (Å²) < 4.78 is 10.4. The Labute approximate surface area is 121 Å². The molecule has 0 bridgehead atoms. The first kappa shape index (κ1) is 13.2. The molecule has 0 saturated heterocycles. The fourth-order valence-electron chi connectivity index (χ4n) is 2.13. The summed E-state index contributed by atoms with van der Waals surface area (Å²) in [6.07, 6.45) is 0. The lowest BCUT2D eigenvalue weighted by Gasteiger charge is -2.09. The number of ether oxygens (including phenoxy) is 1. The molecule has 0 aliphatic heterocycles. The minimum Gasteiger partial charge on any atom is -0.495 e. The molecule has 0 fully saturated rings. The summed E-state index contributed by atoms with van der Waals surface area (Å²) >= 11 is 0. The predicted molar refractivity (Wildman–Crippen MR) is 79.7 cm³/mol. The Morgan fingerprint density at radius 2 is 2.05 bits per heavy atom. The van der Waals surface area contributed by atoms with E-state index in [1.807, 2.05) is 31.2 Å². The maximum absolute atomic E-state index is 12.4. The number of hydrogen-bond acceptors (Lipinski definition) is 4. The van der Waals surface area contributed by atoms with Gasteiger partial charge in [0, 0.05) is 0 Å². The van der Waals surface area contributed by atoms with Crippen molar-refractivity contribution in [1.29, 1.82) is 0 Å². The second-order valence-corrected chi connectivity index (χ2v) is 4.69. The molecule has 0 aliphatic carbocycles. The number of aryl methyl sites for hydroxylation is 1. The topological polar surface area (TPSA) is 64.4 Å². The first-order valence-corrected chi connectivity index (χ1v) is 6.49. The molecule has 3 rings (SSSR count). The van der Waals surface area contributed by atoms with Crippen LogP contribution in [0.4, 0.5) is 5.69 Å². The van der Waals surface area contributed by atoms with Gasteiger partial charge in [-0.3, -0.25) is 4.79 Å². The van der Waals surface area contributed by atoms with E-state index in [4.69, 9.17) is 9.26 Å². The van der Waals surface area contributed by atoms with Crippen molar-refractivity contribution in [2.45, 2.75) is 6.92 Å². The van der Waals surface area contributed by atoms with Crippen LogP contribution in [-0.4, -0.2) is 18.2 Å². The third-order valence-corrected chi connectivity index (χ3v) is 3.20. The summed E-state index contributed by atoms with van der Waals surface area (Å²) in [5.74, 6) is 0.276. The number of nitrogens with one attached hydrogen (secondary N) is 1. The van der Waals surface area contributed by atoms with Crippen molar-refractivity contribution >= 4 is 22.6 Å². The molecule has 0 unspecified atom stereocenters. The van der Waals surface area contributed by atoms with E-state index < -0.39 is 0 Å². The molecule has 5 heteroatoms. The Morgan fingerprint density at radius 3 is 2.86 bits per heavy atom. The number of anilines is 1. The van der Waals surface area contributed by atoms with Crippen LogP contribution in [0.5, 0.6) is 5.75 Å². The van der Waals surface area contributed by atoms with Crippen LogP contribution in [0.3, 0.4) is 0 Å². The van der Waals surface area contributed by atoms with Crippen molar-refractivity contribution < 1.29 is 14.1 Å². The highest BCUT2D eigenvalue weighted by Gasteiger charge is 2.17. The highest BCUT2D eigenvalue weighted by molar-refractivity contribution is 6.11. The van der Waals surface area contributed by atoms with Gasteiger partial charge < -0.3 is 14.6 Å². The molecule has 0 aliphatic rings. The summed E-state index contributed by atoms with van der Waals surface area (Å²) in [6, 6.07) is 12.8. The largest absolute Gasteiger partial charge is 0.495 e. The van der Waals surface area contributed by atoms with Gasteiger partial charge in [-0.1, -0.05) is 23.4 Å². The average molecular weight is 282 g/mol. The van der Waals surface area contributed by atoms with E-state index in [9.17, 15) is 4.79 Å². The number of carbonyl (C=O) groups excluding carboxylic acids is 1. The highest BCUT2D eigenvalue weighted by atomic mass is 16.5. The zero-order valence-corrected chi connectivity index (χ0v) is 11.7. The molecule has 0 atom stereocenters. The molecule has 0 radical (unpaired) electrons. The van der Waals surface area contributed by atoms with Gasteiger partial charge in [0.05, 0.1) is 18.2 Å².